The number of β-amino-alcohol motifs (C(OH)–C–C–N with tert-alkyl or cyclic N) is 1. The van der Waals surface area contributed by atoms with Crippen LogP contribution in [0, 0.1) is 0 Å². The Morgan fingerprint density at radius 2 is 2.03 bits per heavy atom. The van der Waals surface area contributed by atoms with Crippen LogP contribution in [-0.2, 0) is 42.9 Å². The molecule has 2 fully saturated rings. The molecule has 2 aromatic heterocycles. The average Bonchev–Trinajstić information content (AvgIpc) is 3.42. The zero-order valence-corrected chi connectivity index (χ0v) is 21.5. The molecule has 3 aliphatic rings. The molecule has 3 aliphatic heterocycles. The molecule has 0 aliphatic carbocycles. The molecule has 9 nitrogen and oxygen atoms in total. The van der Waals surface area contributed by atoms with Crippen molar-refractivity contribution in [1.82, 2.24) is 24.6 Å². The molecule has 12 heteroatoms. The lowest BCUT2D eigenvalue weighted by molar-refractivity contribution is -0.141. The van der Waals surface area contributed by atoms with Crippen molar-refractivity contribution < 1.29 is 27.8 Å². The van der Waals surface area contributed by atoms with Crippen molar-refractivity contribution in [2.75, 3.05) is 31.2 Å². The van der Waals surface area contributed by atoms with E-state index in [1.165, 1.54) is 4.90 Å². The minimum atomic E-state index is -4.66. The highest BCUT2D eigenvalue weighted by Crippen LogP contribution is 2.39. The van der Waals surface area contributed by atoms with Gasteiger partial charge in [-0.15, -0.1) is 10.2 Å². The predicted octanol–water partition coefficient (Wildman–Crippen LogP) is 2.86. The van der Waals surface area contributed by atoms with E-state index in [1.807, 2.05) is 34.7 Å². The number of rotatable bonds is 6. The molecule has 39 heavy (non-hydrogen) atoms. The van der Waals surface area contributed by atoms with Gasteiger partial charge in [0.1, 0.15) is 23.7 Å². The number of aromatic nitrogens is 4. The SMILES string of the molecule is Cn1cnnc1CC1(c2ccc3c(c2)C(=O)N(c2cc(CN4CCC[C@H](O)C4)cc(C(F)(F)F)n2)C3)COC1. The summed E-state index contributed by atoms with van der Waals surface area (Å²) in [5.41, 5.74) is 1.12. The van der Waals surface area contributed by atoms with Gasteiger partial charge < -0.3 is 14.4 Å². The fourth-order valence-electron chi connectivity index (χ4n) is 5.68. The van der Waals surface area contributed by atoms with Gasteiger partial charge in [0, 0.05) is 37.5 Å². The number of piperidine rings is 1. The first-order chi connectivity index (χ1) is 18.6. The van der Waals surface area contributed by atoms with Crippen molar-refractivity contribution in [2.45, 2.75) is 50.0 Å². The van der Waals surface area contributed by atoms with Crippen LogP contribution in [0.15, 0.2) is 36.7 Å². The summed E-state index contributed by atoms with van der Waals surface area (Å²) in [5.74, 6) is 0.390. The van der Waals surface area contributed by atoms with Crippen molar-refractivity contribution in [2.24, 2.45) is 7.05 Å². The molecular weight excluding hydrogens is 513 g/mol. The summed E-state index contributed by atoms with van der Waals surface area (Å²) >= 11 is 0. The summed E-state index contributed by atoms with van der Waals surface area (Å²) in [5, 5.41) is 18.1. The summed E-state index contributed by atoms with van der Waals surface area (Å²) < 4.78 is 48.8. The number of hydrogen-bond acceptors (Lipinski definition) is 7. The summed E-state index contributed by atoms with van der Waals surface area (Å²) in [4.78, 5) is 20.7. The number of hydrogen-bond donors (Lipinski definition) is 1. The number of nitrogens with zero attached hydrogens (tertiary/aromatic N) is 6. The smallest absolute Gasteiger partial charge is 0.392 e. The maximum atomic E-state index is 13.8. The lowest BCUT2D eigenvalue weighted by Gasteiger charge is -2.41. The number of likely N-dealkylation sites (tertiary alicyclic amines) is 1. The Bertz CT molecular complexity index is 1400. The number of aliphatic hydroxyl groups excluding tert-OH is 1. The summed E-state index contributed by atoms with van der Waals surface area (Å²) in [6.07, 6.45) is -1.48. The van der Waals surface area contributed by atoms with Crippen LogP contribution in [0.25, 0.3) is 0 Å². The average molecular weight is 543 g/mol. The van der Waals surface area contributed by atoms with E-state index in [9.17, 15) is 23.1 Å². The second-order valence-electron chi connectivity index (χ2n) is 10.8. The third-order valence-electron chi connectivity index (χ3n) is 7.91. The number of anilines is 1. The number of fused-ring (bicyclic) bond motifs is 1. The largest absolute Gasteiger partial charge is 0.433 e. The molecule has 3 aromatic rings. The van der Waals surface area contributed by atoms with Crippen molar-refractivity contribution in [3.05, 3.63) is 70.4 Å². The Labute approximate surface area is 223 Å². The van der Waals surface area contributed by atoms with Crippen LogP contribution in [0.2, 0.25) is 0 Å². The normalized spacial score (nSPS) is 21.2. The number of carbonyl (C=O) groups is 1. The lowest BCUT2D eigenvalue weighted by atomic mass is 9.75. The van der Waals surface area contributed by atoms with Crippen molar-refractivity contribution >= 4 is 11.7 Å². The quantitative estimate of drug-likeness (QED) is 0.512. The number of alkyl halides is 3. The fourth-order valence-corrected chi connectivity index (χ4v) is 5.68. The molecule has 6 rings (SSSR count). The summed E-state index contributed by atoms with van der Waals surface area (Å²) in [6.45, 7) is 2.40. The van der Waals surface area contributed by atoms with Crippen LogP contribution in [0.4, 0.5) is 19.0 Å². The molecule has 0 radical (unpaired) electrons. The zero-order valence-electron chi connectivity index (χ0n) is 21.5. The van der Waals surface area contributed by atoms with Gasteiger partial charge in [-0.05, 0) is 54.3 Å². The number of carbonyl (C=O) groups excluding carboxylic acids is 1. The second kappa shape index (κ2) is 9.68. The third kappa shape index (κ3) is 4.92. The van der Waals surface area contributed by atoms with Crippen LogP contribution >= 0.6 is 0 Å². The second-order valence-corrected chi connectivity index (χ2v) is 10.8. The molecule has 2 saturated heterocycles. The molecule has 0 saturated carbocycles. The highest BCUT2D eigenvalue weighted by molar-refractivity contribution is 6.09. The fraction of sp³-hybridized carbons (Fsp3) is 0.481. The van der Waals surface area contributed by atoms with Crippen LogP contribution in [-0.4, -0.2) is 68.1 Å². The number of pyridine rings is 1. The van der Waals surface area contributed by atoms with Crippen molar-refractivity contribution in [1.29, 1.82) is 0 Å². The van der Waals surface area contributed by atoms with Gasteiger partial charge in [-0.25, -0.2) is 4.98 Å². The molecular formula is C27H29F3N6O3. The van der Waals surface area contributed by atoms with E-state index in [2.05, 4.69) is 15.2 Å². The van der Waals surface area contributed by atoms with E-state index in [1.54, 1.807) is 12.4 Å². The Balaban J connectivity index is 1.29. The van der Waals surface area contributed by atoms with Crippen LogP contribution < -0.4 is 4.90 Å². The van der Waals surface area contributed by atoms with E-state index in [0.717, 1.165) is 29.4 Å². The van der Waals surface area contributed by atoms with E-state index in [-0.39, 0.29) is 30.2 Å². The van der Waals surface area contributed by atoms with Gasteiger partial charge in [0.2, 0.25) is 0 Å². The molecule has 1 atom stereocenters. The third-order valence-corrected chi connectivity index (χ3v) is 7.91. The summed E-state index contributed by atoms with van der Waals surface area (Å²) in [7, 11) is 1.87. The Hall–Kier alpha value is -3.35. The van der Waals surface area contributed by atoms with Crippen molar-refractivity contribution in [3.63, 3.8) is 0 Å². The number of aliphatic hydroxyl groups is 1. The van der Waals surface area contributed by atoms with Crippen LogP contribution in [0.3, 0.4) is 0 Å². The standard InChI is InChI=1S/C27H29F3N6O3/c1-34-16-31-33-24(34)10-26(14-39-15-26)19-5-4-18-12-36(25(38)21(18)9-19)23-8-17(7-22(32-23)27(28,29)30)11-35-6-2-3-20(37)13-35/h4-5,7-9,16,20,37H,2-3,6,10-15H2,1H3/t20-/m0/s1. The van der Waals surface area contributed by atoms with Gasteiger partial charge in [-0.2, -0.15) is 13.2 Å². The molecule has 5 heterocycles. The van der Waals surface area contributed by atoms with E-state index in [4.69, 9.17) is 4.74 Å². The molecule has 0 unspecified atom stereocenters. The molecule has 1 amide bonds. The Kier molecular flexibility index (Phi) is 6.43. The predicted molar refractivity (Wildman–Crippen MR) is 134 cm³/mol. The monoisotopic (exact) mass is 542 g/mol. The minimum absolute atomic E-state index is 0.0269. The summed E-state index contributed by atoms with van der Waals surface area (Å²) in [6, 6.07) is 8.24. The first kappa shape index (κ1) is 25.9. The van der Waals surface area contributed by atoms with Crippen molar-refractivity contribution in [3.8, 4) is 0 Å². The Morgan fingerprint density at radius 1 is 1.21 bits per heavy atom. The van der Waals surface area contributed by atoms with Gasteiger partial charge >= 0.3 is 6.18 Å². The van der Waals surface area contributed by atoms with Gasteiger partial charge in [-0.3, -0.25) is 14.6 Å². The first-order valence-electron chi connectivity index (χ1n) is 13.0. The van der Waals surface area contributed by atoms with Gasteiger partial charge in [0.25, 0.3) is 5.91 Å². The zero-order chi connectivity index (χ0) is 27.4. The topological polar surface area (TPSA) is 96.6 Å². The van der Waals surface area contributed by atoms with E-state index in [0.29, 0.717) is 50.3 Å². The minimum Gasteiger partial charge on any atom is -0.392 e. The number of amides is 1. The van der Waals surface area contributed by atoms with Crippen LogP contribution in [0.5, 0.6) is 0 Å². The van der Waals surface area contributed by atoms with Gasteiger partial charge in [-0.1, -0.05) is 12.1 Å². The molecule has 1 N–H and O–H groups in total. The van der Waals surface area contributed by atoms with E-state index >= 15 is 0 Å². The Morgan fingerprint density at radius 3 is 2.69 bits per heavy atom. The number of benzene rings is 1. The lowest BCUT2D eigenvalue weighted by Crippen LogP contribution is -2.49. The molecule has 1 aromatic carbocycles. The number of ether oxygens (including phenoxy) is 1. The van der Waals surface area contributed by atoms with Crippen LogP contribution in [0.1, 0.15) is 51.4 Å². The molecule has 206 valence electrons. The molecule has 0 spiro atoms. The number of halogens is 3. The van der Waals surface area contributed by atoms with Gasteiger partial charge in [0.05, 0.1) is 25.9 Å². The highest BCUT2D eigenvalue weighted by atomic mass is 19.4. The van der Waals surface area contributed by atoms with E-state index < -0.39 is 18.0 Å². The molecule has 0 bridgehead atoms. The maximum absolute atomic E-state index is 13.8. The first-order valence-corrected chi connectivity index (χ1v) is 13.0. The maximum Gasteiger partial charge on any atom is 0.433 e. The highest BCUT2D eigenvalue weighted by Gasteiger charge is 2.43. The van der Waals surface area contributed by atoms with Gasteiger partial charge in [0.15, 0.2) is 0 Å². The number of aryl methyl sites for hydroxylation is 1.